The van der Waals surface area contributed by atoms with E-state index in [4.69, 9.17) is 4.74 Å². The molecule has 2 aliphatic heterocycles. The van der Waals surface area contributed by atoms with Crippen LogP contribution in [0.15, 0.2) is 24.3 Å². The summed E-state index contributed by atoms with van der Waals surface area (Å²) in [4.78, 5) is 19.1. The fourth-order valence-corrected chi connectivity index (χ4v) is 4.48. The van der Waals surface area contributed by atoms with E-state index in [9.17, 15) is 4.79 Å². The summed E-state index contributed by atoms with van der Waals surface area (Å²) in [5, 5.41) is 0. The summed E-state index contributed by atoms with van der Waals surface area (Å²) in [6.07, 6.45) is 0. The lowest BCUT2D eigenvalue weighted by molar-refractivity contribution is 0.0669. The zero-order valence-electron chi connectivity index (χ0n) is 13.5. The number of amides is 1. The number of nitrogens with zero attached hydrogens (tertiary/aromatic N) is 2. The van der Waals surface area contributed by atoms with Crippen molar-refractivity contribution in [1.29, 1.82) is 0 Å². The van der Waals surface area contributed by atoms with Crippen molar-refractivity contribution in [2.45, 2.75) is 13.5 Å². The Labute approximate surface area is 140 Å². The molecule has 23 heavy (non-hydrogen) atoms. The molecule has 3 heterocycles. The van der Waals surface area contributed by atoms with Crippen molar-refractivity contribution in [3.63, 3.8) is 0 Å². The first-order chi connectivity index (χ1) is 11.1. The average Bonchev–Trinajstić information content (AvgIpc) is 2.99. The second-order valence-corrected chi connectivity index (χ2v) is 7.35. The van der Waals surface area contributed by atoms with Crippen molar-refractivity contribution in [1.82, 2.24) is 9.80 Å². The van der Waals surface area contributed by atoms with Gasteiger partial charge in [0, 0.05) is 42.2 Å². The number of carbonyl (C=O) groups is 1. The lowest BCUT2D eigenvalue weighted by Crippen LogP contribution is -2.46. The minimum Gasteiger partial charge on any atom is -0.488 e. The van der Waals surface area contributed by atoms with Crippen LogP contribution in [0.4, 0.5) is 0 Å². The van der Waals surface area contributed by atoms with Gasteiger partial charge in [-0.2, -0.15) is 0 Å². The van der Waals surface area contributed by atoms with E-state index in [1.807, 2.05) is 23.1 Å². The summed E-state index contributed by atoms with van der Waals surface area (Å²) in [7, 11) is 2.10. The molecule has 1 fully saturated rings. The third-order valence-corrected chi connectivity index (χ3v) is 5.84. The van der Waals surface area contributed by atoms with Crippen molar-refractivity contribution in [2.24, 2.45) is 0 Å². The van der Waals surface area contributed by atoms with Crippen LogP contribution in [0.1, 0.15) is 20.8 Å². The third-order valence-electron chi connectivity index (χ3n) is 4.66. The van der Waals surface area contributed by atoms with Crippen LogP contribution in [0, 0.1) is 6.92 Å². The van der Waals surface area contributed by atoms with E-state index in [1.54, 1.807) is 11.3 Å². The monoisotopic (exact) mass is 328 g/mol. The predicted octanol–water partition coefficient (Wildman–Crippen LogP) is 3.00. The Morgan fingerprint density at radius 1 is 1.22 bits per heavy atom. The number of benzene rings is 1. The fraction of sp³-hybridized carbons (Fsp3) is 0.389. The number of hydrogen-bond donors (Lipinski definition) is 0. The predicted molar refractivity (Wildman–Crippen MR) is 92.2 cm³/mol. The standard InChI is InChI=1S/C18H20N2O2S/c1-12-4-3-5-14-16(12)17-13(11-22-14)10-15(23-17)18(21)20-8-6-19(2)7-9-20/h3-5,10H,6-9,11H2,1-2H3. The zero-order valence-corrected chi connectivity index (χ0v) is 14.3. The summed E-state index contributed by atoms with van der Waals surface area (Å²) >= 11 is 1.61. The van der Waals surface area contributed by atoms with Crippen molar-refractivity contribution in [3.8, 4) is 16.2 Å². The van der Waals surface area contributed by atoms with Gasteiger partial charge in [-0.1, -0.05) is 12.1 Å². The Kier molecular flexibility index (Phi) is 3.62. The van der Waals surface area contributed by atoms with E-state index >= 15 is 0 Å². The summed E-state index contributed by atoms with van der Waals surface area (Å²) in [6, 6.07) is 8.14. The Hall–Kier alpha value is -1.85. The van der Waals surface area contributed by atoms with Gasteiger partial charge in [0.25, 0.3) is 5.91 Å². The Morgan fingerprint density at radius 3 is 2.78 bits per heavy atom. The highest BCUT2D eigenvalue weighted by Crippen LogP contribution is 2.44. The number of ether oxygens (including phenoxy) is 1. The van der Waals surface area contributed by atoms with Gasteiger partial charge in [-0.25, -0.2) is 0 Å². The largest absolute Gasteiger partial charge is 0.488 e. The molecule has 4 nitrogen and oxygen atoms in total. The van der Waals surface area contributed by atoms with Crippen LogP contribution >= 0.6 is 11.3 Å². The number of likely N-dealkylation sites (N-methyl/N-ethyl adjacent to an activating group) is 1. The first-order valence-electron chi connectivity index (χ1n) is 7.97. The molecule has 2 aliphatic rings. The summed E-state index contributed by atoms with van der Waals surface area (Å²) in [6.45, 7) is 6.16. The first kappa shape index (κ1) is 14.7. The normalized spacial score (nSPS) is 17.4. The highest BCUT2D eigenvalue weighted by Gasteiger charge is 2.27. The first-order valence-corrected chi connectivity index (χ1v) is 8.78. The topological polar surface area (TPSA) is 32.8 Å². The average molecular weight is 328 g/mol. The third kappa shape index (κ3) is 2.54. The van der Waals surface area contributed by atoms with Crippen LogP contribution in [-0.4, -0.2) is 48.9 Å². The van der Waals surface area contributed by atoms with Crippen LogP contribution in [0.5, 0.6) is 5.75 Å². The second kappa shape index (κ2) is 5.65. The summed E-state index contributed by atoms with van der Waals surface area (Å²) in [5.74, 6) is 1.09. The van der Waals surface area contributed by atoms with Crippen LogP contribution in [0.3, 0.4) is 0 Å². The highest BCUT2D eigenvalue weighted by molar-refractivity contribution is 7.17. The molecule has 1 saturated heterocycles. The van der Waals surface area contributed by atoms with Gasteiger partial charge in [0.15, 0.2) is 0 Å². The molecule has 0 spiro atoms. The molecule has 0 saturated carbocycles. The molecule has 1 amide bonds. The molecule has 1 aromatic carbocycles. The van der Waals surface area contributed by atoms with Crippen molar-refractivity contribution < 1.29 is 9.53 Å². The SMILES string of the molecule is Cc1cccc2c1-c1sc(C(=O)N3CCN(C)CC3)cc1CO2. The molecule has 1 aromatic heterocycles. The van der Waals surface area contributed by atoms with Gasteiger partial charge < -0.3 is 14.5 Å². The minimum absolute atomic E-state index is 0.160. The Balaban J connectivity index is 1.67. The molecular weight excluding hydrogens is 308 g/mol. The van der Waals surface area contributed by atoms with E-state index in [0.717, 1.165) is 47.9 Å². The summed E-state index contributed by atoms with van der Waals surface area (Å²) < 4.78 is 5.86. The Morgan fingerprint density at radius 2 is 2.00 bits per heavy atom. The number of thiophene rings is 1. The maximum atomic E-state index is 12.8. The molecule has 2 aromatic rings. The van der Waals surface area contributed by atoms with Gasteiger partial charge in [0.1, 0.15) is 12.4 Å². The van der Waals surface area contributed by atoms with E-state index in [1.165, 1.54) is 10.4 Å². The zero-order chi connectivity index (χ0) is 16.0. The molecule has 4 rings (SSSR count). The maximum Gasteiger partial charge on any atom is 0.264 e. The van der Waals surface area contributed by atoms with Gasteiger partial charge in [0.2, 0.25) is 0 Å². The van der Waals surface area contributed by atoms with Crippen molar-refractivity contribution >= 4 is 17.2 Å². The molecular formula is C18H20N2O2S. The van der Waals surface area contributed by atoms with Crippen LogP contribution in [0.2, 0.25) is 0 Å². The molecule has 120 valence electrons. The van der Waals surface area contributed by atoms with Gasteiger partial charge in [-0.05, 0) is 31.7 Å². The lowest BCUT2D eigenvalue weighted by atomic mass is 10.0. The van der Waals surface area contributed by atoms with Gasteiger partial charge in [-0.3, -0.25) is 4.79 Å². The quantitative estimate of drug-likeness (QED) is 0.807. The molecule has 0 atom stereocenters. The number of piperazine rings is 1. The number of fused-ring (bicyclic) bond motifs is 3. The number of hydrogen-bond acceptors (Lipinski definition) is 4. The van der Waals surface area contributed by atoms with E-state index < -0.39 is 0 Å². The minimum atomic E-state index is 0.160. The van der Waals surface area contributed by atoms with Crippen LogP contribution in [-0.2, 0) is 6.61 Å². The molecule has 0 bridgehead atoms. The second-order valence-electron chi connectivity index (χ2n) is 6.30. The van der Waals surface area contributed by atoms with E-state index in [-0.39, 0.29) is 5.91 Å². The molecule has 0 radical (unpaired) electrons. The van der Waals surface area contributed by atoms with Crippen LogP contribution < -0.4 is 4.74 Å². The number of carbonyl (C=O) groups excluding carboxylic acids is 1. The maximum absolute atomic E-state index is 12.8. The van der Waals surface area contributed by atoms with Gasteiger partial charge >= 0.3 is 0 Å². The van der Waals surface area contributed by atoms with Crippen LogP contribution in [0.25, 0.3) is 10.4 Å². The van der Waals surface area contributed by atoms with Crippen molar-refractivity contribution in [3.05, 3.63) is 40.3 Å². The highest BCUT2D eigenvalue weighted by atomic mass is 32.1. The van der Waals surface area contributed by atoms with E-state index in [0.29, 0.717) is 6.61 Å². The lowest BCUT2D eigenvalue weighted by Gasteiger charge is -2.32. The molecule has 0 unspecified atom stereocenters. The number of rotatable bonds is 1. The van der Waals surface area contributed by atoms with E-state index in [2.05, 4.69) is 24.9 Å². The smallest absolute Gasteiger partial charge is 0.264 e. The Bertz CT molecular complexity index is 760. The molecule has 0 aliphatic carbocycles. The molecule has 0 N–H and O–H groups in total. The van der Waals surface area contributed by atoms with Gasteiger partial charge in [0.05, 0.1) is 4.88 Å². The summed E-state index contributed by atoms with van der Waals surface area (Å²) in [5.41, 5.74) is 3.48. The fourth-order valence-electron chi connectivity index (χ4n) is 3.23. The van der Waals surface area contributed by atoms with Gasteiger partial charge in [-0.15, -0.1) is 11.3 Å². The molecule has 5 heteroatoms. The van der Waals surface area contributed by atoms with Crippen molar-refractivity contribution in [2.75, 3.05) is 33.2 Å². The number of aryl methyl sites for hydroxylation is 1.